The van der Waals surface area contributed by atoms with Crippen LogP contribution in [0, 0.1) is 6.92 Å². The van der Waals surface area contributed by atoms with Gasteiger partial charge in [0, 0.05) is 11.2 Å². The average Bonchev–Trinajstić information content (AvgIpc) is 2.51. The first kappa shape index (κ1) is 11.0. The van der Waals surface area contributed by atoms with Crippen molar-refractivity contribution in [3.63, 3.8) is 0 Å². The Balaban J connectivity index is 2.64. The minimum absolute atomic E-state index is 0.504. The lowest BCUT2D eigenvalue weighted by molar-refractivity contribution is -0.165. The number of para-hydroxylation sites is 1. The second-order valence-electron chi connectivity index (χ2n) is 3.70. The number of hydrogen-bond donors (Lipinski definition) is 1. The maximum Gasteiger partial charge on any atom is 0.422 e. The number of nitrogens with two attached hydrogens (primary N) is 1. The quantitative estimate of drug-likeness (QED) is 0.799. The van der Waals surface area contributed by atoms with Crippen LogP contribution < -0.4 is 5.73 Å². The number of rotatable bonds is 1. The molecule has 86 valence electrons. The van der Waals surface area contributed by atoms with Gasteiger partial charge in [0.1, 0.15) is 0 Å². The number of hydrogen-bond acceptors (Lipinski definition) is 1. The van der Waals surface area contributed by atoms with Crippen LogP contribution in [0.25, 0.3) is 10.9 Å². The van der Waals surface area contributed by atoms with E-state index in [4.69, 9.17) is 5.73 Å². The van der Waals surface area contributed by atoms with E-state index < -0.39 is 12.3 Å². The Morgan fingerprint density at radius 2 is 1.88 bits per heavy atom. The Labute approximate surface area is 90.5 Å². The maximum absolute atomic E-state index is 12.6. The van der Waals surface area contributed by atoms with E-state index in [1.54, 1.807) is 37.3 Å². The number of halogens is 3. The molecule has 1 heterocycles. The molecule has 2 N–H and O–H groups in total. The summed E-state index contributed by atoms with van der Waals surface area (Å²) in [7, 11) is 0. The highest BCUT2D eigenvalue weighted by molar-refractivity contribution is 5.81. The summed E-state index contributed by atoms with van der Waals surface area (Å²) in [6, 6.07) is 8.57. The van der Waals surface area contributed by atoms with Crippen LogP contribution in [0.1, 0.15) is 11.9 Å². The van der Waals surface area contributed by atoms with Gasteiger partial charge in [0.05, 0.1) is 0 Å². The van der Waals surface area contributed by atoms with E-state index in [1.807, 2.05) is 0 Å². The van der Waals surface area contributed by atoms with Crippen molar-refractivity contribution in [2.75, 3.05) is 0 Å². The molecule has 0 radical (unpaired) electrons. The molecule has 0 saturated heterocycles. The number of benzene rings is 1. The Morgan fingerprint density at radius 1 is 1.25 bits per heavy atom. The van der Waals surface area contributed by atoms with Gasteiger partial charge in [-0.1, -0.05) is 18.2 Å². The normalized spacial score (nSPS) is 14.3. The summed E-state index contributed by atoms with van der Waals surface area (Å²) in [5, 5.41) is 0.764. The molecule has 0 spiro atoms. The van der Waals surface area contributed by atoms with Crippen LogP contribution in [-0.2, 0) is 0 Å². The minimum atomic E-state index is -4.44. The first-order chi connectivity index (χ1) is 7.41. The van der Waals surface area contributed by atoms with Gasteiger partial charge >= 0.3 is 6.18 Å². The van der Waals surface area contributed by atoms with E-state index in [-0.39, 0.29) is 0 Å². The number of fused-ring (bicyclic) bond motifs is 1. The van der Waals surface area contributed by atoms with E-state index in [1.165, 1.54) is 0 Å². The molecule has 1 atom stereocenters. The third kappa shape index (κ3) is 1.67. The third-order valence-electron chi connectivity index (χ3n) is 2.55. The highest BCUT2D eigenvalue weighted by atomic mass is 19.4. The van der Waals surface area contributed by atoms with Gasteiger partial charge < -0.3 is 10.3 Å². The van der Waals surface area contributed by atoms with E-state index in [2.05, 4.69) is 0 Å². The van der Waals surface area contributed by atoms with Crippen LogP contribution in [0.5, 0.6) is 0 Å². The van der Waals surface area contributed by atoms with Crippen molar-refractivity contribution in [2.45, 2.75) is 19.3 Å². The lowest BCUT2D eigenvalue weighted by Gasteiger charge is -2.20. The largest absolute Gasteiger partial charge is 0.422 e. The molecule has 1 aromatic carbocycles. The van der Waals surface area contributed by atoms with E-state index in [0.29, 0.717) is 11.2 Å². The molecule has 0 aliphatic carbocycles. The number of aromatic nitrogens is 1. The van der Waals surface area contributed by atoms with Crippen molar-refractivity contribution in [3.8, 4) is 0 Å². The van der Waals surface area contributed by atoms with Crippen molar-refractivity contribution in [3.05, 3.63) is 36.0 Å². The number of aryl methyl sites for hydroxylation is 1. The molecule has 2 rings (SSSR count). The lowest BCUT2D eigenvalue weighted by atomic mass is 10.2. The molecule has 5 heteroatoms. The summed E-state index contributed by atoms with van der Waals surface area (Å²) in [5.74, 6) is 0. The third-order valence-corrected chi connectivity index (χ3v) is 2.55. The van der Waals surface area contributed by atoms with Gasteiger partial charge in [-0.15, -0.1) is 0 Å². The SMILES string of the molecule is Cc1cc2ccccc2n1C(N)C(F)(F)F. The highest BCUT2D eigenvalue weighted by Gasteiger charge is 2.39. The molecule has 16 heavy (non-hydrogen) atoms. The topological polar surface area (TPSA) is 30.9 Å². The van der Waals surface area contributed by atoms with Crippen molar-refractivity contribution < 1.29 is 13.2 Å². The van der Waals surface area contributed by atoms with Crippen molar-refractivity contribution in [1.82, 2.24) is 4.57 Å². The second kappa shape index (κ2) is 3.52. The summed E-state index contributed by atoms with van der Waals surface area (Å²) < 4.78 is 38.8. The molecule has 1 unspecified atom stereocenters. The van der Waals surface area contributed by atoms with Crippen LogP contribution in [0.15, 0.2) is 30.3 Å². The van der Waals surface area contributed by atoms with Crippen LogP contribution >= 0.6 is 0 Å². The molecule has 2 nitrogen and oxygen atoms in total. The van der Waals surface area contributed by atoms with Gasteiger partial charge in [-0.05, 0) is 24.4 Å². The number of nitrogens with zero attached hydrogens (tertiary/aromatic N) is 1. The van der Waals surface area contributed by atoms with Gasteiger partial charge in [0.15, 0.2) is 6.17 Å². The predicted octanol–water partition coefficient (Wildman–Crippen LogP) is 2.97. The monoisotopic (exact) mass is 228 g/mol. The Kier molecular flexibility index (Phi) is 2.42. The van der Waals surface area contributed by atoms with Gasteiger partial charge in [-0.25, -0.2) is 0 Å². The smallest absolute Gasteiger partial charge is 0.321 e. The van der Waals surface area contributed by atoms with Crippen molar-refractivity contribution in [1.29, 1.82) is 0 Å². The van der Waals surface area contributed by atoms with Crippen molar-refractivity contribution in [2.24, 2.45) is 5.73 Å². The first-order valence-electron chi connectivity index (χ1n) is 4.80. The Morgan fingerprint density at radius 3 is 2.50 bits per heavy atom. The fraction of sp³-hybridized carbons (Fsp3) is 0.273. The van der Waals surface area contributed by atoms with E-state index in [0.717, 1.165) is 9.95 Å². The minimum Gasteiger partial charge on any atom is -0.321 e. The summed E-state index contributed by atoms with van der Waals surface area (Å²) >= 11 is 0. The molecule has 0 saturated carbocycles. The average molecular weight is 228 g/mol. The second-order valence-corrected chi connectivity index (χ2v) is 3.70. The first-order valence-corrected chi connectivity index (χ1v) is 4.80. The van der Waals surface area contributed by atoms with Gasteiger partial charge in [0.25, 0.3) is 0 Å². The molecule has 0 amide bonds. The molecule has 0 aliphatic rings. The van der Waals surface area contributed by atoms with Crippen molar-refractivity contribution >= 4 is 10.9 Å². The molecule has 2 aromatic rings. The summed E-state index contributed by atoms with van der Waals surface area (Å²) in [6.45, 7) is 1.62. The molecular weight excluding hydrogens is 217 g/mol. The Bertz CT molecular complexity index is 513. The fourth-order valence-electron chi connectivity index (χ4n) is 1.83. The fourth-order valence-corrected chi connectivity index (χ4v) is 1.83. The summed E-state index contributed by atoms with van der Waals surface area (Å²) in [5.41, 5.74) is 6.23. The van der Waals surface area contributed by atoms with Crippen LogP contribution in [-0.4, -0.2) is 10.7 Å². The van der Waals surface area contributed by atoms with E-state index >= 15 is 0 Å². The van der Waals surface area contributed by atoms with Crippen LogP contribution in [0.4, 0.5) is 13.2 Å². The van der Waals surface area contributed by atoms with Gasteiger partial charge in [-0.2, -0.15) is 13.2 Å². The Hall–Kier alpha value is -1.49. The number of alkyl halides is 3. The lowest BCUT2D eigenvalue weighted by Crippen LogP contribution is -2.34. The molecule has 0 aliphatic heterocycles. The zero-order valence-electron chi connectivity index (χ0n) is 8.62. The molecule has 1 aromatic heterocycles. The summed E-state index contributed by atoms with van der Waals surface area (Å²) in [6.07, 6.45) is -6.43. The van der Waals surface area contributed by atoms with Crippen LogP contribution in [0.2, 0.25) is 0 Å². The highest BCUT2D eigenvalue weighted by Crippen LogP contribution is 2.31. The standard InChI is InChI=1S/C11H11F3N2/c1-7-6-8-4-2-3-5-9(8)16(7)10(15)11(12,13)14/h2-6,10H,15H2,1H3. The van der Waals surface area contributed by atoms with Gasteiger partial charge in [0.2, 0.25) is 0 Å². The van der Waals surface area contributed by atoms with Gasteiger partial charge in [-0.3, -0.25) is 0 Å². The zero-order valence-corrected chi connectivity index (χ0v) is 8.62. The summed E-state index contributed by atoms with van der Waals surface area (Å²) in [4.78, 5) is 0. The predicted molar refractivity (Wildman–Crippen MR) is 56.0 cm³/mol. The molecule has 0 bridgehead atoms. The molecule has 0 fully saturated rings. The molecular formula is C11H11F3N2. The van der Waals surface area contributed by atoms with Crippen LogP contribution in [0.3, 0.4) is 0 Å². The van der Waals surface area contributed by atoms with E-state index in [9.17, 15) is 13.2 Å². The zero-order chi connectivity index (χ0) is 11.9. The maximum atomic E-state index is 12.6.